The summed E-state index contributed by atoms with van der Waals surface area (Å²) in [4.78, 5) is 18.2. The first-order chi connectivity index (χ1) is 8.16. The summed E-state index contributed by atoms with van der Waals surface area (Å²) in [6.45, 7) is 3.91. The lowest BCUT2D eigenvalue weighted by atomic mass is 10.0. The minimum absolute atomic E-state index is 0. The predicted molar refractivity (Wildman–Crippen MR) is 74.8 cm³/mol. The van der Waals surface area contributed by atoms with E-state index in [-0.39, 0.29) is 18.3 Å². The van der Waals surface area contributed by atoms with Crippen molar-refractivity contribution in [1.82, 2.24) is 9.88 Å². The quantitative estimate of drug-likeness (QED) is 0.851. The molecule has 100 valence electrons. The third kappa shape index (κ3) is 3.60. The topological polar surface area (TPSA) is 59.2 Å². The molecule has 1 fully saturated rings. The molecule has 0 saturated carbocycles. The Hall–Kier alpha value is -1.29. The van der Waals surface area contributed by atoms with Crippen LogP contribution in [0.3, 0.4) is 0 Å². The molecule has 1 atom stereocenters. The van der Waals surface area contributed by atoms with E-state index in [1.807, 2.05) is 4.90 Å². The lowest BCUT2D eigenvalue weighted by molar-refractivity contribution is 0.0754. The molecule has 2 heterocycles. The maximum atomic E-state index is 12.2. The molecule has 4 nitrogen and oxygen atoms in total. The smallest absolute Gasteiger partial charge is 0.272 e. The van der Waals surface area contributed by atoms with Crippen molar-refractivity contribution in [2.75, 3.05) is 18.8 Å². The summed E-state index contributed by atoms with van der Waals surface area (Å²) in [5.41, 5.74) is 6.05. The monoisotopic (exact) mass is 269 g/mol. The van der Waals surface area contributed by atoms with Crippen LogP contribution in [0.15, 0.2) is 18.2 Å². The molecule has 2 N–H and O–H groups in total. The van der Waals surface area contributed by atoms with E-state index in [2.05, 4.69) is 11.9 Å². The van der Waals surface area contributed by atoms with Crippen LogP contribution in [-0.4, -0.2) is 28.9 Å². The summed E-state index contributed by atoms with van der Waals surface area (Å²) in [5, 5.41) is 0. The van der Waals surface area contributed by atoms with Crippen LogP contribution in [0.25, 0.3) is 0 Å². The van der Waals surface area contributed by atoms with Crippen LogP contribution in [0.5, 0.6) is 0 Å². The molecule has 1 unspecified atom stereocenters. The van der Waals surface area contributed by atoms with E-state index in [9.17, 15) is 4.79 Å². The number of halogens is 1. The van der Waals surface area contributed by atoms with Gasteiger partial charge in [0.05, 0.1) is 0 Å². The lowest BCUT2D eigenvalue weighted by Crippen LogP contribution is -2.32. The predicted octanol–water partition coefficient (Wildman–Crippen LogP) is 2.35. The average molecular weight is 270 g/mol. The molecule has 0 bridgehead atoms. The van der Waals surface area contributed by atoms with Crippen molar-refractivity contribution in [3.05, 3.63) is 23.9 Å². The fourth-order valence-corrected chi connectivity index (χ4v) is 2.20. The first-order valence-corrected chi connectivity index (χ1v) is 6.18. The Kier molecular flexibility index (Phi) is 5.41. The van der Waals surface area contributed by atoms with Crippen LogP contribution >= 0.6 is 12.4 Å². The largest absolute Gasteiger partial charge is 0.384 e. The first-order valence-electron chi connectivity index (χ1n) is 6.18. The van der Waals surface area contributed by atoms with Gasteiger partial charge >= 0.3 is 0 Å². The summed E-state index contributed by atoms with van der Waals surface area (Å²) in [7, 11) is 0. The number of rotatable bonds is 1. The normalized spacial score (nSPS) is 19.8. The highest BCUT2D eigenvalue weighted by atomic mass is 35.5. The van der Waals surface area contributed by atoms with Gasteiger partial charge in [-0.2, -0.15) is 0 Å². The third-order valence-corrected chi connectivity index (χ3v) is 3.29. The van der Waals surface area contributed by atoms with Crippen molar-refractivity contribution in [2.24, 2.45) is 5.92 Å². The molecule has 0 aromatic carbocycles. The Labute approximate surface area is 114 Å². The van der Waals surface area contributed by atoms with Crippen LogP contribution in [0.2, 0.25) is 0 Å². The first kappa shape index (κ1) is 14.8. The van der Waals surface area contributed by atoms with Crippen LogP contribution in [-0.2, 0) is 0 Å². The highest BCUT2D eigenvalue weighted by Crippen LogP contribution is 2.17. The van der Waals surface area contributed by atoms with Crippen LogP contribution < -0.4 is 5.73 Å². The Morgan fingerprint density at radius 3 is 2.89 bits per heavy atom. The van der Waals surface area contributed by atoms with Crippen molar-refractivity contribution in [3.8, 4) is 0 Å². The summed E-state index contributed by atoms with van der Waals surface area (Å²) >= 11 is 0. The SMILES string of the molecule is CC1CCCN(C(=O)c2cccc(N)n2)CC1.Cl. The highest BCUT2D eigenvalue weighted by Gasteiger charge is 2.20. The van der Waals surface area contributed by atoms with Gasteiger partial charge in [-0.15, -0.1) is 12.4 Å². The van der Waals surface area contributed by atoms with E-state index in [0.29, 0.717) is 17.4 Å². The van der Waals surface area contributed by atoms with Gasteiger partial charge in [0.2, 0.25) is 0 Å². The fourth-order valence-electron chi connectivity index (χ4n) is 2.20. The summed E-state index contributed by atoms with van der Waals surface area (Å²) in [5.74, 6) is 1.12. The molecule has 18 heavy (non-hydrogen) atoms. The van der Waals surface area contributed by atoms with Crippen molar-refractivity contribution < 1.29 is 4.79 Å². The Balaban J connectivity index is 0.00000162. The molecule has 0 radical (unpaired) electrons. The molecule has 1 aliphatic heterocycles. The number of nitrogen functional groups attached to an aromatic ring is 1. The number of anilines is 1. The molecule has 5 heteroatoms. The summed E-state index contributed by atoms with van der Waals surface area (Å²) < 4.78 is 0. The van der Waals surface area contributed by atoms with Gasteiger partial charge in [0, 0.05) is 13.1 Å². The molecule has 0 aliphatic carbocycles. The average Bonchev–Trinajstić information content (AvgIpc) is 2.53. The summed E-state index contributed by atoms with van der Waals surface area (Å²) in [6.07, 6.45) is 3.36. The number of hydrogen-bond acceptors (Lipinski definition) is 3. The second-order valence-corrected chi connectivity index (χ2v) is 4.78. The zero-order valence-corrected chi connectivity index (χ0v) is 11.4. The van der Waals surface area contributed by atoms with Gasteiger partial charge in [0.25, 0.3) is 5.91 Å². The molecule has 1 aromatic rings. The Morgan fingerprint density at radius 1 is 1.39 bits per heavy atom. The number of nitrogens with zero attached hydrogens (tertiary/aromatic N) is 2. The molecule has 0 spiro atoms. The molecule has 1 amide bonds. The number of aromatic nitrogens is 1. The van der Waals surface area contributed by atoms with E-state index in [1.54, 1.807) is 18.2 Å². The second kappa shape index (κ2) is 6.59. The van der Waals surface area contributed by atoms with Gasteiger partial charge < -0.3 is 10.6 Å². The number of pyridine rings is 1. The number of hydrogen-bond donors (Lipinski definition) is 1. The molecule has 1 aromatic heterocycles. The zero-order chi connectivity index (χ0) is 12.3. The molecular formula is C13H20ClN3O. The summed E-state index contributed by atoms with van der Waals surface area (Å²) in [6, 6.07) is 5.20. The molecule has 1 aliphatic rings. The maximum absolute atomic E-state index is 12.2. The number of nitrogens with two attached hydrogens (primary N) is 1. The minimum Gasteiger partial charge on any atom is -0.384 e. The Morgan fingerprint density at radius 2 is 2.17 bits per heavy atom. The third-order valence-electron chi connectivity index (χ3n) is 3.29. The highest BCUT2D eigenvalue weighted by molar-refractivity contribution is 5.92. The number of carbonyl (C=O) groups is 1. The minimum atomic E-state index is 0. The van der Waals surface area contributed by atoms with Crippen molar-refractivity contribution in [2.45, 2.75) is 26.2 Å². The second-order valence-electron chi connectivity index (χ2n) is 4.78. The lowest BCUT2D eigenvalue weighted by Gasteiger charge is -2.19. The van der Waals surface area contributed by atoms with E-state index < -0.39 is 0 Å². The van der Waals surface area contributed by atoms with Gasteiger partial charge in [0.15, 0.2) is 0 Å². The van der Waals surface area contributed by atoms with Crippen molar-refractivity contribution >= 4 is 24.1 Å². The van der Waals surface area contributed by atoms with Crippen LogP contribution in [0.1, 0.15) is 36.7 Å². The van der Waals surface area contributed by atoms with E-state index in [4.69, 9.17) is 5.73 Å². The fraction of sp³-hybridized carbons (Fsp3) is 0.538. The van der Waals surface area contributed by atoms with Gasteiger partial charge in [-0.25, -0.2) is 4.98 Å². The molecule has 2 rings (SSSR count). The van der Waals surface area contributed by atoms with Gasteiger partial charge in [-0.05, 0) is 37.3 Å². The Bertz CT molecular complexity index is 411. The standard InChI is InChI=1S/C13H19N3O.ClH/c1-10-4-3-8-16(9-7-10)13(17)11-5-2-6-12(14)15-11;/h2,5-6,10H,3-4,7-9H2,1H3,(H2,14,15);1H. The van der Waals surface area contributed by atoms with Crippen molar-refractivity contribution in [1.29, 1.82) is 0 Å². The van der Waals surface area contributed by atoms with Gasteiger partial charge in [-0.1, -0.05) is 13.0 Å². The molecule has 1 saturated heterocycles. The van der Waals surface area contributed by atoms with Gasteiger partial charge in [-0.3, -0.25) is 4.79 Å². The van der Waals surface area contributed by atoms with E-state index in [0.717, 1.165) is 25.9 Å². The number of amides is 1. The van der Waals surface area contributed by atoms with Crippen LogP contribution in [0.4, 0.5) is 5.82 Å². The number of carbonyl (C=O) groups excluding carboxylic acids is 1. The number of likely N-dealkylation sites (tertiary alicyclic amines) is 1. The molecular weight excluding hydrogens is 250 g/mol. The van der Waals surface area contributed by atoms with E-state index in [1.165, 1.54) is 6.42 Å². The van der Waals surface area contributed by atoms with Gasteiger partial charge in [0.1, 0.15) is 11.5 Å². The maximum Gasteiger partial charge on any atom is 0.272 e. The van der Waals surface area contributed by atoms with Crippen molar-refractivity contribution in [3.63, 3.8) is 0 Å². The van der Waals surface area contributed by atoms with E-state index >= 15 is 0 Å². The van der Waals surface area contributed by atoms with Crippen LogP contribution in [0, 0.1) is 5.92 Å². The zero-order valence-electron chi connectivity index (χ0n) is 10.6.